The van der Waals surface area contributed by atoms with Gasteiger partial charge in [-0.1, -0.05) is 0 Å². The number of fused-ring (bicyclic) bond motifs is 1. The molecule has 2 aromatic heterocycles. The van der Waals surface area contributed by atoms with E-state index in [1.807, 2.05) is 4.57 Å². The van der Waals surface area contributed by atoms with Crippen LogP contribution in [0, 0.1) is 11.6 Å². The van der Waals surface area contributed by atoms with E-state index in [1.54, 1.807) is 6.20 Å². The van der Waals surface area contributed by atoms with Crippen molar-refractivity contribution >= 4 is 80.4 Å². The maximum atomic E-state index is 14.5. The number of rotatable bonds is 7. The molecule has 0 bridgehead atoms. The molecule has 0 unspecified atom stereocenters. The molecule has 2 heterocycles. The van der Waals surface area contributed by atoms with E-state index in [0.717, 1.165) is 57.4 Å². The molecule has 2 fully saturated rings. The summed E-state index contributed by atoms with van der Waals surface area (Å²) in [7, 11) is 0. The zero-order valence-electron chi connectivity index (χ0n) is 20.9. The predicted molar refractivity (Wildman–Crippen MR) is 160 cm³/mol. The van der Waals surface area contributed by atoms with E-state index in [2.05, 4.69) is 68.0 Å². The third kappa shape index (κ3) is 6.46. The smallest absolute Gasteiger partial charge is 0.224 e. The van der Waals surface area contributed by atoms with Crippen molar-refractivity contribution in [2.24, 2.45) is 0 Å². The van der Waals surface area contributed by atoms with Crippen LogP contribution in [0.3, 0.4) is 0 Å². The Balaban J connectivity index is 1.42. The van der Waals surface area contributed by atoms with E-state index < -0.39 is 11.6 Å². The fourth-order valence-corrected chi connectivity index (χ4v) is 6.58. The molecule has 38 heavy (non-hydrogen) atoms. The molecule has 2 saturated carbocycles. The number of hydrogen-bond donors (Lipinski definition) is 3. The highest BCUT2D eigenvalue weighted by Crippen LogP contribution is 2.36. The minimum atomic E-state index is -0.696. The topological polar surface area (TPSA) is 100 Å². The van der Waals surface area contributed by atoms with Crippen LogP contribution in [-0.4, -0.2) is 44.9 Å². The molecule has 0 aliphatic heterocycles. The molecule has 13 heteroatoms. The molecule has 0 atom stereocenters. The first kappa shape index (κ1) is 27.7. The Labute approximate surface area is 247 Å². The largest absolute Gasteiger partial charge is 0.354 e. The van der Waals surface area contributed by atoms with Crippen LogP contribution < -0.4 is 16.0 Å². The van der Waals surface area contributed by atoms with Crippen molar-refractivity contribution in [3.05, 3.63) is 36.0 Å². The summed E-state index contributed by atoms with van der Waals surface area (Å²) in [5.74, 6) is -0.381. The Morgan fingerprint density at radius 2 is 1.74 bits per heavy atom. The first-order valence-corrected chi connectivity index (χ1v) is 14.8. The maximum Gasteiger partial charge on any atom is 0.224 e. The number of carbonyl (C=O) groups excluding carboxylic acids is 1. The molecule has 5 rings (SSSR count). The first-order chi connectivity index (χ1) is 18.3. The van der Waals surface area contributed by atoms with Crippen LogP contribution in [0.5, 0.6) is 0 Å². The SMILES string of the molecule is CC(=O)NC1CCC(n2c(Nc3ccc(F)cc3F)nc3cnc(NC4CCC(N(I)I)CC4)nc32)CC1. The van der Waals surface area contributed by atoms with E-state index in [9.17, 15) is 13.6 Å². The predicted octanol–water partition coefficient (Wildman–Crippen LogP) is 6.19. The van der Waals surface area contributed by atoms with Crippen LogP contribution in [0.4, 0.5) is 26.4 Å². The molecule has 204 valence electrons. The molecule has 2 aliphatic carbocycles. The summed E-state index contributed by atoms with van der Waals surface area (Å²) in [6, 6.07) is 4.48. The minimum Gasteiger partial charge on any atom is -0.354 e. The van der Waals surface area contributed by atoms with Gasteiger partial charge in [0.1, 0.15) is 17.2 Å². The Kier molecular flexibility index (Phi) is 8.82. The van der Waals surface area contributed by atoms with Gasteiger partial charge in [-0.3, -0.25) is 9.36 Å². The van der Waals surface area contributed by atoms with Crippen molar-refractivity contribution in [2.45, 2.75) is 82.5 Å². The quantitative estimate of drug-likeness (QED) is 0.196. The highest BCUT2D eigenvalue weighted by Gasteiger charge is 2.28. The Bertz CT molecular complexity index is 1290. The van der Waals surface area contributed by atoms with Gasteiger partial charge in [-0.25, -0.2) is 18.7 Å². The van der Waals surface area contributed by atoms with Crippen molar-refractivity contribution in [1.29, 1.82) is 0 Å². The van der Waals surface area contributed by atoms with Gasteiger partial charge in [-0.05, 0) is 63.5 Å². The molecule has 3 N–H and O–H groups in total. The molecule has 0 radical (unpaired) electrons. The minimum absolute atomic E-state index is 0.0298. The highest BCUT2D eigenvalue weighted by atomic mass is 127. The Hall–Kier alpha value is -1.88. The van der Waals surface area contributed by atoms with Crippen LogP contribution >= 0.6 is 45.7 Å². The Morgan fingerprint density at radius 1 is 1.03 bits per heavy atom. The van der Waals surface area contributed by atoms with E-state index in [0.29, 0.717) is 35.1 Å². The third-order valence-electron chi connectivity index (χ3n) is 7.39. The normalized spacial score (nSPS) is 23.9. The van der Waals surface area contributed by atoms with Gasteiger partial charge in [0.15, 0.2) is 5.65 Å². The highest BCUT2D eigenvalue weighted by molar-refractivity contribution is 14.2. The lowest BCUT2D eigenvalue weighted by Gasteiger charge is -2.31. The third-order valence-corrected chi connectivity index (χ3v) is 8.96. The van der Waals surface area contributed by atoms with Gasteiger partial charge in [0, 0.05) is 82.9 Å². The summed E-state index contributed by atoms with van der Waals surface area (Å²) in [6.45, 7) is 1.53. The molecule has 9 nitrogen and oxygen atoms in total. The van der Waals surface area contributed by atoms with Crippen molar-refractivity contribution in [1.82, 2.24) is 26.2 Å². The second-order valence-electron chi connectivity index (χ2n) is 10.1. The number of imidazole rings is 1. The number of aromatic nitrogens is 4. The first-order valence-electron chi connectivity index (χ1n) is 12.9. The van der Waals surface area contributed by atoms with E-state index in [1.165, 1.54) is 19.1 Å². The summed E-state index contributed by atoms with van der Waals surface area (Å²) >= 11 is 4.69. The number of benzene rings is 1. The number of nitrogens with zero attached hydrogens (tertiary/aromatic N) is 5. The Morgan fingerprint density at radius 3 is 2.39 bits per heavy atom. The van der Waals surface area contributed by atoms with Gasteiger partial charge in [-0.15, -0.1) is 0 Å². The fraction of sp³-hybridized carbons (Fsp3) is 0.520. The average Bonchev–Trinajstić information content (AvgIpc) is 3.23. The molecular formula is C25H30F2I2N8O. The molecule has 2 aliphatic rings. The number of hydrogen-bond acceptors (Lipinski definition) is 7. The monoisotopic (exact) mass is 750 g/mol. The summed E-state index contributed by atoms with van der Waals surface area (Å²) in [5.41, 5.74) is 1.39. The van der Waals surface area contributed by atoms with Crippen LogP contribution in [-0.2, 0) is 4.79 Å². The van der Waals surface area contributed by atoms with Crippen LogP contribution in [0.25, 0.3) is 11.2 Å². The molecular weight excluding hydrogens is 720 g/mol. The number of nitrogens with one attached hydrogen (secondary N) is 3. The number of amides is 1. The fourth-order valence-electron chi connectivity index (χ4n) is 5.47. The number of anilines is 3. The summed E-state index contributed by atoms with van der Waals surface area (Å²) in [5, 5.41) is 9.58. The molecule has 0 saturated heterocycles. The van der Waals surface area contributed by atoms with Gasteiger partial charge in [0.25, 0.3) is 0 Å². The zero-order valence-corrected chi connectivity index (χ0v) is 25.2. The van der Waals surface area contributed by atoms with Crippen molar-refractivity contribution in [3.63, 3.8) is 0 Å². The van der Waals surface area contributed by atoms with Crippen molar-refractivity contribution in [3.8, 4) is 0 Å². The molecule has 0 spiro atoms. The van der Waals surface area contributed by atoms with E-state index in [4.69, 9.17) is 9.97 Å². The van der Waals surface area contributed by atoms with Gasteiger partial charge in [0.2, 0.25) is 17.8 Å². The second kappa shape index (κ2) is 12.1. The second-order valence-corrected chi connectivity index (χ2v) is 14.0. The van der Waals surface area contributed by atoms with Gasteiger partial charge in [0.05, 0.1) is 11.9 Å². The summed E-state index contributed by atoms with van der Waals surface area (Å²) in [6.07, 6.45) is 9.23. The molecule has 3 aromatic rings. The van der Waals surface area contributed by atoms with Crippen LogP contribution in [0.15, 0.2) is 24.4 Å². The van der Waals surface area contributed by atoms with Crippen molar-refractivity contribution in [2.75, 3.05) is 10.6 Å². The maximum absolute atomic E-state index is 14.5. The lowest BCUT2D eigenvalue weighted by Crippen LogP contribution is -2.36. The number of carbonyl (C=O) groups is 1. The zero-order chi connectivity index (χ0) is 26.8. The van der Waals surface area contributed by atoms with Gasteiger partial charge in [-0.2, -0.15) is 6.31 Å². The van der Waals surface area contributed by atoms with E-state index in [-0.39, 0.29) is 23.7 Å². The van der Waals surface area contributed by atoms with Gasteiger partial charge < -0.3 is 16.0 Å². The summed E-state index contributed by atoms with van der Waals surface area (Å²) < 4.78 is 32.3. The number of halogens is 4. The van der Waals surface area contributed by atoms with E-state index >= 15 is 0 Å². The molecule has 1 amide bonds. The standard InChI is InChI=1S/C25H30F2I2N8O/c1-14(38)31-16-3-7-18(8-4-16)36-23-22(34-25(36)33-21-11-2-15(26)12-20(21)27)13-30-24(35-23)32-17-5-9-19(10-6-17)37(28)29/h2,11-13,16-19H,3-10H2,1H3,(H,31,38)(H,33,34)(H,30,32,35). The molecule has 1 aromatic carbocycles. The average molecular weight is 750 g/mol. The lowest BCUT2D eigenvalue weighted by atomic mass is 9.91. The van der Waals surface area contributed by atoms with Crippen molar-refractivity contribution < 1.29 is 13.6 Å². The summed E-state index contributed by atoms with van der Waals surface area (Å²) in [4.78, 5) is 25.6. The van der Waals surface area contributed by atoms with Crippen LogP contribution in [0.1, 0.15) is 64.3 Å². The van der Waals surface area contributed by atoms with Gasteiger partial charge >= 0.3 is 0 Å². The lowest BCUT2D eigenvalue weighted by molar-refractivity contribution is -0.119. The van der Waals surface area contributed by atoms with Crippen LogP contribution in [0.2, 0.25) is 0 Å².